The van der Waals surface area contributed by atoms with Gasteiger partial charge in [0.15, 0.2) is 0 Å². The van der Waals surface area contributed by atoms with Crippen LogP contribution in [0.4, 0.5) is 0 Å². The molecular formula is C17H20N2OS. The van der Waals surface area contributed by atoms with Crippen molar-refractivity contribution in [2.75, 3.05) is 6.61 Å². The minimum atomic E-state index is 0.0568. The molecule has 0 saturated carbocycles. The summed E-state index contributed by atoms with van der Waals surface area (Å²) in [6.07, 6.45) is 2.86. The predicted octanol–water partition coefficient (Wildman–Crippen LogP) is 3.48. The number of aromatic nitrogens is 1. The van der Waals surface area contributed by atoms with Crippen LogP contribution in [-0.4, -0.2) is 22.7 Å². The van der Waals surface area contributed by atoms with Gasteiger partial charge in [-0.1, -0.05) is 24.3 Å². The van der Waals surface area contributed by atoms with E-state index in [0.717, 1.165) is 11.9 Å². The first-order valence-corrected chi connectivity index (χ1v) is 8.11. The third-order valence-electron chi connectivity index (χ3n) is 3.82. The van der Waals surface area contributed by atoms with Crippen molar-refractivity contribution in [3.63, 3.8) is 0 Å². The number of fused-ring (bicyclic) bond motifs is 1. The van der Waals surface area contributed by atoms with E-state index in [4.69, 9.17) is 0 Å². The van der Waals surface area contributed by atoms with Gasteiger partial charge in [0, 0.05) is 34.1 Å². The Balaban J connectivity index is 1.72. The fourth-order valence-corrected chi connectivity index (χ4v) is 3.46. The van der Waals surface area contributed by atoms with Crippen LogP contribution in [0.5, 0.6) is 0 Å². The van der Waals surface area contributed by atoms with Crippen LogP contribution in [0.15, 0.2) is 48.0 Å². The summed E-state index contributed by atoms with van der Waals surface area (Å²) in [7, 11) is 0. The van der Waals surface area contributed by atoms with Crippen LogP contribution in [0.2, 0.25) is 0 Å². The molecule has 4 heteroatoms. The van der Waals surface area contributed by atoms with E-state index >= 15 is 0 Å². The molecule has 0 amide bonds. The highest BCUT2D eigenvalue weighted by Crippen LogP contribution is 2.22. The molecule has 110 valence electrons. The number of thiophene rings is 1. The van der Waals surface area contributed by atoms with Gasteiger partial charge < -0.3 is 15.4 Å². The minimum absolute atomic E-state index is 0.0568. The third-order valence-corrected chi connectivity index (χ3v) is 4.87. The topological polar surface area (TPSA) is 48.0 Å². The first-order chi connectivity index (χ1) is 10.3. The molecule has 0 bridgehead atoms. The number of aromatic amines is 1. The highest BCUT2D eigenvalue weighted by molar-refractivity contribution is 7.10. The molecule has 0 spiro atoms. The summed E-state index contributed by atoms with van der Waals surface area (Å²) in [5, 5.41) is 16.5. The fraction of sp³-hybridized carbons (Fsp3) is 0.294. The Kier molecular flexibility index (Phi) is 4.39. The summed E-state index contributed by atoms with van der Waals surface area (Å²) >= 11 is 1.74. The van der Waals surface area contributed by atoms with E-state index in [0.29, 0.717) is 0 Å². The lowest BCUT2D eigenvalue weighted by Gasteiger charge is -2.21. The standard InChI is InChI=1S/C17H20N2OS/c1-12(17-7-4-8-21-17)19-14(11-20)9-13-10-18-16-6-3-2-5-15(13)16/h2-8,10,12,14,18-20H,9,11H2,1H3/t12-,14-/m1/s1. The van der Waals surface area contributed by atoms with Gasteiger partial charge in [-0.05, 0) is 36.4 Å². The smallest absolute Gasteiger partial charge is 0.0588 e. The quantitative estimate of drug-likeness (QED) is 0.652. The van der Waals surface area contributed by atoms with E-state index in [9.17, 15) is 5.11 Å². The van der Waals surface area contributed by atoms with Crippen LogP contribution < -0.4 is 5.32 Å². The number of H-pyrrole nitrogens is 1. The van der Waals surface area contributed by atoms with Crippen LogP contribution in [0, 0.1) is 0 Å². The molecule has 2 atom stereocenters. The summed E-state index contributed by atoms with van der Waals surface area (Å²) in [4.78, 5) is 4.59. The van der Waals surface area contributed by atoms with Gasteiger partial charge in [-0.3, -0.25) is 0 Å². The van der Waals surface area contributed by atoms with Crippen LogP contribution in [0.1, 0.15) is 23.4 Å². The van der Waals surface area contributed by atoms with Crippen molar-refractivity contribution in [2.24, 2.45) is 0 Å². The largest absolute Gasteiger partial charge is 0.395 e. The zero-order valence-electron chi connectivity index (χ0n) is 12.0. The molecule has 0 radical (unpaired) electrons. The lowest BCUT2D eigenvalue weighted by atomic mass is 10.0. The Hall–Kier alpha value is -1.62. The van der Waals surface area contributed by atoms with Crippen molar-refractivity contribution in [1.29, 1.82) is 0 Å². The van der Waals surface area contributed by atoms with Gasteiger partial charge in [0.25, 0.3) is 0 Å². The van der Waals surface area contributed by atoms with E-state index in [1.165, 1.54) is 15.8 Å². The summed E-state index contributed by atoms with van der Waals surface area (Å²) in [5.74, 6) is 0. The van der Waals surface area contributed by atoms with Crippen LogP contribution in [0.25, 0.3) is 10.9 Å². The van der Waals surface area contributed by atoms with Gasteiger partial charge in [0.2, 0.25) is 0 Å². The zero-order valence-corrected chi connectivity index (χ0v) is 12.9. The lowest BCUT2D eigenvalue weighted by molar-refractivity contribution is 0.233. The number of hydrogen-bond acceptors (Lipinski definition) is 3. The second kappa shape index (κ2) is 6.43. The fourth-order valence-electron chi connectivity index (χ4n) is 2.72. The van der Waals surface area contributed by atoms with E-state index in [1.807, 2.05) is 12.3 Å². The Morgan fingerprint density at radius 3 is 2.86 bits per heavy atom. The lowest BCUT2D eigenvalue weighted by Crippen LogP contribution is -2.36. The zero-order chi connectivity index (χ0) is 14.7. The van der Waals surface area contributed by atoms with E-state index in [1.54, 1.807) is 11.3 Å². The highest BCUT2D eigenvalue weighted by atomic mass is 32.1. The Labute approximate surface area is 128 Å². The average molecular weight is 300 g/mol. The Bertz CT molecular complexity index is 690. The number of benzene rings is 1. The van der Waals surface area contributed by atoms with Crippen molar-refractivity contribution in [2.45, 2.75) is 25.4 Å². The maximum absolute atomic E-state index is 9.67. The molecule has 0 aliphatic heterocycles. The van der Waals surface area contributed by atoms with Crippen molar-refractivity contribution in [3.05, 3.63) is 58.4 Å². The Morgan fingerprint density at radius 2 is 2.10 bits per heavy atom. The molecule has 2 heterocycles. The van der Waals surface area contributed by atoms with Crippen molar-refractivity contribution in [1.82, 2.24) is 10.3 Å². The number of aliphatic hydroxyl groups is 1. The first kappa shape index (κ1) is 14.3. The molecule has 21 heavy (non-hydrogen) atoms. The summed E-state index contributed by atoms with van der Waals surface area (Å²) in [6, 6.07) is 12.8. The molecule has 1 aromatic carbocycles. The molecule has 2 aromatic heterocycles. The molecule has 3 nitrogen and oxygen atoms in total. The van der Waals surface area contributed by atoms with Crippen molar-refractivity contribution < 1.29 is 5.11 Å². The van der Waals surface area contributed by atoms with Crippen LogP contribution in [-0.2, 0) is 6.42 Å². The molecule has 0 aliphatic rings. The SMILES string of the molecule is C[C@@H](N[C@@H](CO)Cc1c[nH]c2ccccc12)c1cccs1. The molecule has 3 N–H and O–H groups in total. The molecule has 0 aliphatic carbocycles. The normalized spacial score (nSPS) is 14.4. The number of aliphatic hydroxyl groups excluding tert-OH is 1. The molecule has 3 rings (SSSR count). The van der Waals surface area contributed by atoms with E-state index < -0.39 is 0 Å². The van der Waals surface area contributed by atoms with Gasteiger partial charge in [-0.15, -0.1) is 11.3 Å². The average Bonchev–Trinajstić information content (AvgIpc) is 3.16. The van der Waals surface area contributed by atoms with E-state index in [-0.39, 0.29) is 18.7 Å². The van der Waals surface area contributed by atoms with Crippen LogP contribution in [0.3, 0.4) is 0 Å². The second-order valence-corrected chi connectivity index (χ2v) is 6.33. The number of rotatable bonds is 6. The summed E-state index contributed by atoms with van der Waals surface area (Å²) < 4.78 is 0. The van der Waals surface area contributed by atoms with Crippen LogP contribution >= 0.6 is 11.3 Å². The summed E-state index contributed by atoms with van der Waals surface area (Å²) in [5.41, 5.74) is 2.39. The Morgan fingerprint density at radius 1 is 1.24 bits per heavy atom. The molecule has 0 saturated heterocycles. The van der Waals surface area contributed by atoms with Gasteiger partial charge in [-0.2, -0.15) is 0 Å². The predicted molar refractivity (Wildman–Crippen MR) is 88.7 cm³/mol. The first-order valence-electron chi connectivity index (χ1n) is 7.23. The highest BCUT2D eigenvalue weighted by Gasteiger charge is 2.15. The second-order valence-electron chi connectivity index (χ2n) is 5.35. The third kappa shape index (κ3) is 3.18. The van der Waals surface area contributed by atoms with Gasteiger partial charge >= 0.3 is 0 Å². The van der Waals surface area contributed by atoms with Gasteiger partial charge in [-0.25, -0.2) is 0 Å². The van der Waals surface area contributed by atoms with Gasteiger partial charge in [0.05, 0.1) is 6.61 Å². The van der Waals surface area contributed by atoms with Crippen molar-refractivity contribution >= 4 is 22.2 Å². The van der Waals surface area contributed by atoms with Crippen molar-refractivity contribution in [3.8, 4) is 0 Å². The van der Waals surface area contributed by atoms with Gasteiger partial charge in [0.1, 0.15) is 0 Å². The molecule has 3 aromatic rings. The number of hydrogen-bond donors (Lipinski definition) is 3. The van der Waals surface area contributed by atoms with E-state index in [2.05, 4.69) is 52.9 Å². The minimum Gasteiger partial charge on any atom is -0.395 e. The monoisotopic (exact) mass is 300 g/mol. The maximum Gasteiger partial charge on any atom is 0.0588 e. The molecule has 0 fully saturated rings. The maximum atomic E-state index is 9.67. The number of para-hydroxylation sites is 1. The molecule has 0 unspecified atom stereocenters. The summed E-state index contributed by atoms with van der Waals surface area (Å²) in [6.45, 7) is 2.28. The number of nitrogens with one attached hydrogen (secondary N) is 2. The molecular weight excluding hydrogens is 280 g/mol.